The van der Waals surface area contributed by atoms with E-state index in [1.807, 2.05) is 0 Å². The predicted octanol–water partition coefficient (Wildman–Crippen LogP) is 6.63. The molecule has 2 aliphatic carbocycles. The maximum atomic E-state index is 3.30. The Morgan fingerprint density at radius 3 is 1.43 bits per heavy atom. The van der Waals surface area contributed by atoms with Gasteiger partial charge in [0.25, 0.3) is 0 Å². The van der Waals surface area contributed by atoms with E-state index in [9.17, 15) is 0 Å². The molecule has 2 rings (SSSR count). The van der Waals surface area contributed by atoms with Gasteiger partial charge in [-0.05, 0) is 0 Å². The van der Waals surface area contributed by atoms with Gasteiger partial charge in [0, 0.05) is 0 Å². The molecule has 21 heavy (non-hydrogen) atoms. The van der Waals surface area contributed by atoms with Crippen molar-refractivity contribution >= 4 is 0 Å². The van der Waals surface area contributed by atoms with Gasteiger partial charge in [-0.25, -0.2) is 23.3 Å². The second kappa shape index (κ2) is 17.9. The molecule has 0 unspecified atom stereocenters. The average Bonchev–Trinajstić information content (AvgIpc) is 3.07. The Labute approximate surface area is 153 Å². The van der Waals surface area contributed by atoms with Crippen LogP contribution in [0.3, 0.4) is 0 Å². The van der Waals surface area contributed by atoms with Crippen molar-refractivity contribution in [2.24, 2.45) is 0 Å². The van der Waals surface area contributed by atoms with Crippen LogP contribution in [0.1, 0.15) is 65.2 Å². The molecule has 0 atom stereocenters. The summed E-state index contributed by atoms with van der Waals surface area (Å²) >= 11 is 0. The van der Waals surface area contributed by atoms with Crippen molar-refractivity contribution in [2.75, 3.05) is 0 Å². The first-order valence-electron chi connectivity index (χ1n) is 7.39. The topological polar surface area (TPSA) is 0 Å². The van der Waals surface area contributed by atoms with Gasteiger partial charge in [0.05, 0.1) is 0 Å². The van der Waals surface area contributed by atoms with Crippen molar-refractivity contribution in [1.29, 1.82) is 0 Å². The Kier molecular flexibility index (Phi) is 21.9. The summed E-state index contributed by atoms with van der Waals surface area (Å²) in [5, 5.41) is 0. The van der Waals surface area contributed by atoms with Crippen LogP contribution in [0.2, 0.25) is 0 Å². The fourth-order valence-electron chi connectivity index (χ4n) is 1.98. The summed E-state index contributed by atoms with van der Waals surface area (Å²) in [6.07, 6.45) is 25.1. The Balaban J connectivity index is -0.000000270. The molecule has 0 nitrogen and oxygen atoms in total. The normalized spacial score (nSPS) is 14.0. The second-order valence-electron chi connectivity index (χ2n) is 4.82. The summed E-state index contributed by atoms with van der Waals surface area (Å²) < 4.78 is 0. The molecule has 0 aromatic heterocycles. The summed E-state index contributed by atoms with van der Waals surface area (Å²) in [5.74, 6) is 0. The van der Waals surface area contributed by atoms with Gasteiger partial charge in [0.1, 0.15) is 0 Å². The Bertz CT molecular complexity index is 298. The summed E-state index contributed by atoms with van der Waals surface area (Å²) in [6, 6.07) is 0. The zero-order valence-corrected chi connectivity index (χ0v) is 18.1. The summed E-state index contributed by atoms with van der Waals surface area (Å²) in [4.78, 5) is 0. The third kappa shape index (κ3) is 13.2. The van der Waals surface area contributed by atoms with Crippen molar-refractivity contribution in [2.45, 2.75) is 65.2 Å². The Morgan fingerprint density at radius 1 is 0.810 bits per heavy atom. The first-order chi connectivity index (χ1) is 8.86. The van der Waals surface area contributed by atoms with E-state index in [1.54, 1.807) is 0 Å². The number of rotatable bonds is 6. The SMILES string of the molecule is CCCCC1=[C-]CC=C1.CCCCC1=[C-]CC=C1.[CH3-].[CH3-].[Hf+4]. The molecule has 0 N–H and O–H groups in total. The molecule has 0 aliphatic heterocycles. The van der Waals surface area contributed by atoms with Crippen LogP contribution in [-0.2, 0) is 25.8 Å². The van der Waals surface area contributed by atoms with E-state index in [4.69, 9.17) is 0 Å². The number of allylic oxidation sites excluding steroid dienone is 8. The fraction of sp³-hybridized carbons (Fsp3) is 0.500. The van der Waals surface area contributed by atoms with Gasteiger partial charge in [0.15, 0.2) is 0 Å². The van der Waals surface area contributed by atoms with Crippen LogP contribution in [0.15, 0.2) is 35.5 Å². The third-order valence-electron chi connectivity index (χ3n) is 3.13. The molecule has 1 heteroatoms. The van der Waals surface area contributed by atoms with E-state index in [1.165, 1.54) is 49.7 Å². The van der Waals surface area contributed by atoms with Crippen LogP contribution in [0, 0.1) is 27.0 Å². The van der Waals surface area contributed by atoms with E-state index >= 15 is 0 Å². The van der Waals surface area contributed by atoms with Gasteiger partial charge in [-0.1, -0.05) is 52.4 Å². The molecule has 116 valence electrons. The summed E-state index contributed by atoms with van der Waals surface area (Å²) in [7, 11) is 0. The van der Waals surface area contributed by atoms with Crippen LogP contribution in [0.4, 0.5) is 0 Å². The molecule has 0 spiro atoms. The minimum Gasteiger partial charge on any atom is -0.358 e. The van der Waals surface area contributed by atoms with Crippen LogP contribution in [0.25, 0.3) is 0 Å². The van der Waals surface area contributed by atoms with Gasteiger partial charge in [-0.2, -0.15) is 12.2 Å². The molecule has 0 bridgehead atoms. The number of unbranched alkanes of at least 4 members (excludes halogenated alkanes) is 2. The number of hydrogen-bond donors (Lipinski definition) is 0. The van der Waals surface area contributed by atoms with Gasteiger partial charge >= 0.3 is 25.8 Å². The predicted molar refractivity (Wildman–Crippen MR) is 92.9 cm³/mol. The van der Waals surface area contributed by atoms with E-state index in [0.717, 1.165) is 12.8 Å². The quantitative estimate of drug-likeness (QED) is 0.314. The summed E-state index contributed by atoms with van der Waals surface area (Å²) in [6.45, 7) is 4.44. The molecule has 0 heterocycles. The van der Waals surface area contributed by atoms with Crippen LogP contribution >= 0.6 is 0 Å². The van der Waals surface area contributed by atoms with Crippen molar-refractivity contribution < 1.29 is 25.8 Å². The van der Waals surface area contributed by atoms with Crippen molar-refractivity contribution in [1.82, 2.24) is 0 Å². The zero-order chi connectivity index (χ0) is 13.1. The van der Waals surface area contributed by atoms with E-state index < -0.39 is 0 Å². The van der Waals surface area contributed by atoms with Crippen LogP contribution in [0.5, 0.6) is 0 Å². The molecule has 0 saturated carbocycles. The third-order valence-corrected chi connectivity index (χ3v) is 3.13. The molecule has 0 aromatic rings. The smallest absolute Gasteiger partial charge is 0.358 e. The van der Waals surface area contributed by atoms with E-state index in [-0.39, 0.29) is 40.7 Å². The largest absolute Gasteiger partial charge is 4.00 e. The number of hydrogen-bond acceptors (Lipinski definition) is 0. The first kappa shape index (κ1) is 25.8. The molecule has 0 fully saturated rings. The van der Waals surface area contributed by atoms with Crippen LogP contribution in [-0.4, -0.2) is 0 Å². The monoisotopic (exact) mass is 452 g/mol. The molecule has 0 aromatic carbocycles. The van der Waals surface area contributed by atoms with Gasteiger partial charge in [-0.15, -0.1) is 12.8 Å². The molecule has 0 radical (unpaired) electrons. The first-order valence-corrected chi connectivity index (χ1v) is 7.39. The molecule has 0 amide bonds. The van der Waals surface area contributed by atoms with Crippen molar-refractivity contribution in [3.05, 3.63) is 62.5 Å². The summed E-state index contributed by atoms with van der Waals surface area (Å²) in [5.41, 5.74) is 2.83. The zero-order valence-electron chi connectivity index (χ0n) is 14.5. The van der Waals surface area contributed by atoms with E-state index in [0.29, 0.717) is 0 Å². The van der Waals surface area contributed by atoms with Crippen molar-refractivity contribution in [3.63, 3.8) is 0 Å². The minimum atomic E-state index is 0. The maximum absolute atomic E-state index is 3.30. The maximum Gasteiger partial charge on any atom is 4.00 e. The molecular formula is C20H32Hf. The van der Waals surface area contributed by atoms with Crippen molar-refractivity contribution in [3.8, 4) is 0 Å². The molecular weight excluding hydrogens is 419 g/mol. The fourth-order valence-corrected chi connectivity index (χ4v) is 1.98. The van der Waals surface area contributed by atoms with Gasteiger partial charge in [0.2, 0.25) is 0 Å². The van der Waals surface area contributed by atoms with Gasteiger partial charge in [-0.3, -0.25) is 12.2 Å². The Hall–Kier alpha value is -0.170. The molecule has 0 saturated heterocycles. The van der Waals surface area contributed by atoms with E-state index in [2.05, 4.69) is 50.3 Å². The standard InChI is InChI=1S/2C9H13.2CH3.Hf/c2*1-2-3-6-9-7-4-5-8-9;;;/h2*4,7H,2-3,5-6H2,1H3;2*1H3;/q4*-1;+4. The Morgan fingerprint density at radius 2 is 1.19 bits per heavy atom. The minimum absolute atomic E-state index is 0. The average molecular weight is 451 g/mol. The molecule has 2 aliphatic rings. The second-order valence-corrected chi connectivity index (χ2v) is 4.82. The van der Waals surface area contributed by atoms with Crippen LogP contribution < -0.4 is 0 Å². The van der Waals surface area contributed by atoms with Gasteiger partial charge < -0.3 is 14.9 Å².